The number of halogens is 1. The van der Waals surface area contributed by atoms with Gasteiger partial charge in [-0.3, -0.25) is 14.4 Å². The van der Waals surface area contributed by atoms with Crippen molar-refractivity contribution < 1.29 is 23.5 Å². The molecular weight excluding hydrogens is 375 g/mol. The summed E-state index contributed by atoms with van der Waals surface area (Å²) in [4.78, 5) is 38.4. The molecule has 2 aromatic carbocycles. The van der Waals surface area contributed by atoms with Crippen LogP contribution in [-0.2, 0) is 19.1 Å². The molecule has 0 spiro atoms. The highest BCUT2D eigenvalue weighted by atomic mass is 19.1. The molecular formula is C22H23FN2O4. The van der Waals surface area contributed by atoms with E-state index in [-0.39, 0.29) is 24.6 Å². The van der Waals surface area contributed by atoms with Gasteiger partial charge in [0, 0.05) is 18.7 Å². The van der Waals surface area contributed by atoms with E-state index in [0.29, 0.717) is 5.69 Å². The van der Waals surface area contributed by atoms with Gasteiger partial charge in [0.1, 0.15) is 5.82 Å². The molecule has 1 N–H and O–H groups in total. The van der Waals surface area contributed by atoms with Crippen molar-refractivity contribution in [3.63, 3.8) is 0 Å². The van der Waals surface area contributed by atoms with Crippen LogP contribution in [0.1, 0.15) is 24.5 Å². The van der Waals surface area contributed by atoms with Crippen molar-refractivity contribution in [2.75, 3.05) is 16.8 Å². The fourth-order valence-electron chi connectivity index (χ4n) is 3.20. The van der Waals surface area contributed by atoms with E-state index >= 15 is 0 Å². The normalized spacial score (nSPS) is 17.2. The number of benzene rings is 2. The van der Waals surface area contributed by atoms with Crippen molar-refractivity contribution in [1.82, 2.24) is 0 Å². The SMILES string of the molecule is Cc1ccc(C)c(NC(=O)[C@H](C)OC(=O)[C@@H]2CC(=O)N(c3ccccc3F)C2)c1. The first-order chi connectivity index (χ1) is 13.8. The summed E-state index contributed by atoms with van der Waals surface area (Å²) < 4.78 is 19.2. The number of ether oxygens (including phenoxy) is 1. The fraction of sp³-hybridized carbons (Fsp3) is 0.318. The first-order valence-electron chi connectivity index (χ1n) is 9.39. The first-order valence-corrected chi connectivity index (χ1v) is 9.39. The van der Waals surface area contributed by atoms with Crippen LogP contribution < -0.4 is 10.2 Å². The molecule has 2 atom stereocenters. The van der Waals surface area contributed by atoms with E-state index in [1.54, 1.807) is 6.07 Å². The fourth-order valence-corrected chi connectivity index (χ4v) is 3.20. The smallest absolute Gasteiger partial charge is 0.312 e. The topological polar surface area (TPSA) is 75.7 Å². The summed E-state index contributed by atoms with van der Waals surface area (Å²) in [6.45, 7) is 5.28. The zero-order valence-corrected chi connectivity index (χ0v) is 16.6. The van der Waals surface area contributed by atoms with Crippen molar-refractivity contribution in [1.29, 1.82) is 0 Å². The molecule has 152 valence electrons. The van der Waals surface area contributed by atoms with E-state index in [0.717, 1.165) is 11.1 Å². The van der Waals surface area contributed by atoms with E-state index in [1.807, 2.05) is 32.0 Å². The summed E-state index contributed by atoms with van der Waals surface area (Å²) in [5.41, 5.74) is 2.67. The van der Waals surface area contributed by atoms with E-state index in [4.69, 9.17) is 4.74 Å². The first kappa shape index (κ1) is 20.5. The molecule has 0 aliphatic carbocycles. The number of carbonyl (C=O) groups is 3. The molecule has 1 fully saturated rings. The molecule has 1 aliphatic rings. The lowest BCUT2D eigenvalue weighted by Crippen LogP contribution is -2.33. The number of esters is 1. The van der Waals surface area contributed by atoms with Crippen LogP contribution in [0.25, 0.3) is 0 Å². The van der Waals surface area contributed by atoms with E-state index < -0.39 is 29.7 Å². The van der Waals surface area contributed by atoms with Gasteiger partial charge in [0.15, 0.2) is 6.10 Å². The monoisotopic (exact) mass is 398 g/mol. The molecule has 6 nitrogen and oxygen atoms in total. The summed E-state index contributed by atoms with van der Waals surface area (Å²) in [7, 11) is 0. The number of para-hydroxylation sites is 1. The van der Waals surface area contributed by atoms with Crippen LogP contribution in [0.15, 0.2) is 42.5 Å². The minimum absolute atomic E-state index is 0.0178. The molecule has 1 saturated heterocycles. The molecule has 1 aliphatic heterocycles. The number of anilines is 2. The van der Waals surface area contributed by atoms with Gasteiger partial charge in [0.05, 0.1) is 11.6 Å². The van der Waals surface area contributed by atoms with Crippen LogP contribution in [0.5, 0.6) is 0 Å². The maximum atomic E-state index is 14.0. The second-order valence-electron chi connectivity index (χ2n) is 7.24. The third kappa shape index (κ3) is 4.62. The summed E-state index contributed by atoms with van der Waals surface area (Å²) in [6.07, 6.45) is -1.11. The van der Waals surface area contributed by atoms with Gasteiger partial charge in [-0.25, -0.2) is 4.39 Å². The summed E-state index contributed by atoms with van der Waals surface area (Å²) >= 11 is 0. The minimum atomic E-state index is -1.03. The Labute approximate surface area is 168 Å². The largest absolute Gasteiger partial charge is 0.452 e. The number of nitrogens with one attached hydrogen (secondary N) is 1. The van der Waals surface area contributed by atoms with Crippen molar-refractivity contribution in [3.8, 4) is 0 Å². The van der Waals surface area contributed by atoms with Crippen LogP contribution in [0.2, 0.25) is 0 Å². The molecule has 1 heterocycles. The second-order valence-corrected chi connectivity index (χ2v) is 7.24. The molecule has 0 bridgehead atoms. The summed E-state index contributed by atoms with van der Waals surface area (Å²) in [6, 6.07) is 11.6. The molecule has 0 aromatic heterocycles. The Kier molecular flexibility index (Phi) is 5.96. The number of hydrogen-bond acceptors (Lipinski definition) is 4. The Balaban J connectivity index is 1.61. The van der Waals surface area contributed by atoms with Gasteiger partial charge in [-0.05, 0) is 50.1 Å². The average molecular weight is 398 g/mol. The summed E-state index contributed by atoms with van der Waals surface area (Å²) in [5, 5.41) is 2.75. The maximum Gasteiger partial charge on any atom is 0.312 e. The predicted molar refractivity (Wildman–Crippen MR) is 107 cm³/mol. The van der Waals surface area contributed by atoms with Crippen molar-refractivity contribution in [3.05, 3.63) is 59.4 Å². The quantitative estimate of drug-likeness (QED) is 0.784. The number of rotatable bonds is 5. The highest BCUT2D eigenvalue weighted by molar-refractivity contribution is 6.00. The van der Waals surface area contributed by atoms with Crippen LogP contribution in [0, 0.1) is 25.6 Å². The number of nitrogens with zero attached hydrogens (tertiary/aromatic N) is 1. The number of hydrogen-bond donors (Lipinski definition) is 1. The highest BCUT2D eigenvalue weighted by Gasteiger charge is 2.38. The molecule has 2 aromatic rings. The molecule has 29 heavy (non-hydrogen) atoms. The van der Waals surface area contributed by atoms with Crippen LogP contribution in [-0.4, -0.2) is 30.4 Å². The third-order valence-corrected chi connectivity index (χ3v) is 4.91. The molecule has 0 saturated carbocycles. The Bertz CT molecular complexity index is 960. The van der Waals surface area contributed by atoms with E-state index in [9.17, 15) is 18.8 Å². The highest BCUT2D eigenvalue weighted by Crippen LogP contribution is 2.28. The van der Waals surface area contributed by atoms with Gasteiger partial charge in [-0.15, -0.1) is 0 Å². The number of carbonyl (C=O) groups excluding carboxylic acids is 3. The van der Waals surface area contributed by atoms with Crippen molar-refractivity contribution >= 4 is 29.2 Å². The van der Waals surface area contributed by atoms with Gasteiger partial charge in [0.2, 0.25) is 5.91 Å². The average Bonchev–Trinajstić information content (AvgIpc) is 3.06. The lowest BCUT2D eigenvalue weighted by Gasteiger charge is -2.18. The Morgan fingerprint density at radius 3 is 2.66 bits per heavy atom. The lowest BCUT2D eigenvalue weighted by atomic mass is 10.1. The lowest BCUT2D eigenvalue weighted by molar-refractivity contribution is -0.157. The van der Waals surface area contributed by atoms with Gasteiger partial charge >= 0.3 is 5.97 Å². The Hall–Kier alpha value is -3.22. The van der Waals surface area contributed by atoms with Crippen LogP contribution in [0.4, 0.5) is 15.8 Å². The molecule has 0 unspecified atom stereocenters. The zero-order valence-electron chi connectivity index (χ0n) is 16.6. The standard InChI is InChI=1S/C22H23FN2O4/c1-13-8-9-14(2)18(10-13)24-21(27)15(3)29-22(28)16-11-20(26)25(12-16)19-7-5-4-6-17(19)23/h4-10,15-16H,11-12H2,1-3H3,(H,24,27)/t15-,16+/m0/s1. The number of aryl methyl sites for hydroxylation is 2. The van der Waals surface area contributed by atoms with Crippen LogP contribution >= 0.6 is 0 Å². The minimum Gasteiger partial charge on any atom is -0.452 e. The maximum absolute atomic E-state index is 14.0. The van der Waals surface area contributed by atoms with E-state index in [1.165, 1.54) is 30.0 Å². The third-order valence-electron chi connectivity index (χ3n) is 4.91. The molecule has 2 amide bonds. The molecule has 7 heteroatoms. The van der Waals surface area contributed by atoms with Crippen molar-refractivity contribution in [2.45, 2.75) is 33.3 Å². The van der Waals surface area contributed by atoms with Crippen LogP contribution in [0.3, 0.4) is 0 Å². The van der Waals surface area contributed by atoms with Crippen molar-refractivity contribution in [2.24, 2.45) is 5.92 Å². The Morgan fingerprint density at radius 1 is 1.21 bits per heavy atom. The van der Waals surface area contributed by atoms with Gasteiger partial charge < -0.3 is 15.0 Å². The number of amides is 2. The predicted octanol–water partition coefficient (Wildman–Crippen LogP) is 3.37. The zero-order chi connectivity index (χ0) is 21.1. The second kappa shape index (κ2) is 8.43. The van der Waals surface area contributed by atoms with Gasteiger partial charge in [-0.2, -0.15) is 0 Å². The van der Waals surface area contributed by atoms with Gasteiger partial charge in [0.25, 0.3) is 5.91 Å². The van der Waals surface area contributed by atoms with E-state index in [2.05, 4.69) is 5.32 Å². The summed E-state index contributed by atoms with van der Waals surface area (Å²) in [5.74, 6) is -2.75. The molecule has 3 rings (SSSR count). The molecule has 0 radical (unpaired) electrons. The Morgan fingerprint density at radius 2 is 1.93 bits per heavy atom. The van der Waals surface area contributed by atoms with Gasteiger partial charge in [-0.1, -0.05) is 24.3 Å².